The first-order valence-electron chi connectivity index (χ1n) is 15.3. The van der Waals surface area contributed by atoms with Crippen molar-refractivity contribution in [3.8, 4) is 5.75 Å². The molecule has 1 heterocycles. The molecule has 1 aromatic carbocycles. The molecule has 14 heteroatoms. The summed E-state index contributed by atoms with van der Waals surface area (Å²) in [6, 6.07) is 4.43. The average Bonchev–Trinajstić information content (AvgIpc) is 3.01. The number of nitrogens with zero attached hydrogens (tertiary/aromatic N) is 1. The summed E-state index contributed by atoms with van der Waals surface area (Å²) >= 11 is 0. The highest BCUT2D eigenvalue weighted by molar-refractivity contribution is 6.55. The zero-order valence-electron chi connectivity index (χ0n) is 27.3. The molecule has 2 amide bonds. The maximum absolute atomic E-state index is 13.1. The van der Waals surface area contributed by atoms with Gasteiger partial charge >= 0.3 is 5.97 Å². The Morgan fingerprint density at radius 2 is 1.85 bits per heavy atom. The number of carbonyl (C=O) groups excluding carboxylic acids is 3. The number of aliphatic hydroxyl groups excluding tert-OH is 1. The molecule has 3 atom stereocenters. The molecule has 4 N–H and O–H groups in total. The number of carbonyl (C=O) groups is 4. The molecule has 0 aliphatic carbocycles. The lowest BCUT2D eigenvalue weighted by Gasteiger charge is -2.31. The molecule has 1 aliphatic heterocycles. The Morgan fingerprint density at radius 3 is 2.54 bits per heavy atom. The fourth-order valence-electron chi connectivity index (χ4n) is 4.30. The molecule has 1 aromatic rings. The van der Waals surface area contributed by atoms with Gasteiger partial charge in [0.05, 0.1) is 30.5 Å². The smallest absolute Gasteiger partial charge is 0.333 e. The van der Waals surface area contributed by atoms with E-state index in [4.69, 9.17) is 19.0 Å². The SMILES string of the molecule is BC(=O)OCc1ccc(OC2CC(O)CC(C(=O)O)O2)c(C(=O)NCC(=O)NCCO/N=C(\C)CC/C(C)=C/CC/C(C)=C/C)c1. The standard InChI is InChI=1S/C32H46BN3O10/c1-5-20(2)7-6-8-21(3)9-10-22(4)36-44-14-13-34-28(38)18-35-30(39)25-15-23(19-43-32(33)42)11-12-26(25)45-29-17-24(37)16-27(46-29)31(40)41/h5,8,11-12,15,24,27,29,37H,6-7,9-10,13-14,16-19,33H2,1-4H3,(H,34,38)(H,35,39)(H,40,41)/b20-5+,21-8+,36-22+. The quantitative estimate of drug-likeness (QED) is 0.0610. The number of amides is 2. The van der Waals surface area contributed by atoms with E-state index < -0.39 is 42.2 Å². The van der Waals surface area contributed by atoms with Crippen LogP contribution in [0.1, 0.15) is 82.1 Å². The minimum atomic E-state index is -1.27. The van der Waals surface area contributed by atoms with Crippen LogP contribution < -0.4 is 15.4 Å². The van der Waals surface area contributed by atoms with Gasteiger partial charge in [0.15, 0.2) is 6.10 Å². The average molecular weight is 644 g/mol. The third-order valence-corrected chi connectivity index (χ3v) is 7.08. The molecule has 46 heavy (non-hydrogen) atoms. The summed E-state index contributed by atoms with van der Waals surface area (Å²) in [5, 5.41) is 28.6. The number of benzene rings is 1. The van der Waals surface area contributed by atoms with E-state index in [1.807, 2.05) is 13.8 Å². The van der Waals surface area contributed by atoms with Crippen LogP contribution in [-0.4, -0.2) is 85.6 Å². The van der Waals surface area contributed by atoms with Crippen molar-refractivity contribution in [2.75, 3.05) is 19.7 Å². The summed E-state index contributed by atoms with van der Waals surface area (Å²) in [5.41, 5.74) is 3.99. The van der Waals surface area contributed by atoms with Gasteiger partial charge in [-0.05, 0) is 71.1 Å². The summed E-state index contributed by atoms with van der Waals surface area (Å²) in [6.07, 6.45) is 4.61. The third kappa shape index (κ3) is 14.7. The van der Waals surface area contributed by atoms with Crippen molar-refractivity contribution >= 4 is 37.2 Å². The van der Waals surface area contributed by atoms with Gasteiger partial charge in [-0.2, -0.15) is 0 Å². The highest BCUT2D eigenvalue weighted by Gasteiger charge is 2.34. The zero-order valence-corrected chi connectivity index (χ0v) is 27.3. The van der Waals surface area contributed by atoms with Crippen LogP contribution in [0.2, 0.25) is 0 Å². The number of allylic oxidation sites excluding steroid dienone is 4. The first-order chi connectivity index (χ1) is 21.9. The van der Waals surface area contributed by atoms with Gasteiger partial charge in [-0.1, -0.05) is 34.5 Å². The molecule has 1 saturated heterocycles. The lowest BCUT2D eigenvalue weighted by molar-refractivity contribution is -0.195. The van der Waals surface area contributed by atoms with Gasteiger partial charge in [0.1, 0.15) is 19.0 Å². The molecule has 0 spiro atoms. The maximum atomic E-state index is 13.1. The summed E-state index contributed by atoms with van der Waals surface area (Å²) in [6.45, 7) is 8.02. The van der Waals surface area contributed by atoms with Crippen molar-refractivity contribution in [3.05, 3.63) is 52.6 Å². The summed E-state index contributed by atoms with van der Waals surface area (Å²) in [7, 11) is 1.25. The number of hydrogen-bond donors (Lipinski definition) is 4. The molecule has 0 saturated carbocycles. The monoisotopic (exact) mass is 643 g/mol. The summed E-state index contributed by atoms with van der Waals surface area (Å²) < 4.78 is 16.2. The van der Waals surface area contributed by atoms with Crippen LogP contribution in [-0.2, 0) is 30.5 Å². The number of rotatable bonds is 18. The Morgan fingerprint density at radius 1 is 1.09 bits per heavy atom. The topological polar surface area (TPSA) is 182 Å². The number of aliphatic carboxylic acids is 1. The number of carboxylic acid groups (broad SMARTS) is 1. The van der Waals surface area contributed by atoms with E-state index in [1.54, 1.807) is 6.07 Å². The molecule has 0 radical (unpaired) electrons. The van der Waals surface area contributed by atoms with Gasteiger partial charge in [0.25, 0.3) is 5.91 Å². The normalized spacial score (nSPS) is 18.8. The minimum Gasteiger partial charge on any atom is -0.479 e. The fraction of sp³-hybridized carbons (Fsp3) is 0.531. The third-order valence-electron chi connectivity index (χ3n) is 7.08. The van der Waals surface area contributed by atoms with Crippen LogP contribution >= 0.6 is 0 Å². The number of ether oxygens (including phenoxy) is 3. The predicted molar refractivity (Wildman–Crippen MR) is 173 cm³/mol. The Labute approximate surface area is 270 Å². The molecule has 3 unspecified atom stereocenters. The van der Waals surface area contributed by atoms with Crippen LogP contribution in [0.3, 0.4) is 0 Å². The Hall–Kier alpha value is -4.17. The fourth-order valence-corrected chi connectivity index (χ4v) is 4.30. The number of nitrogens with one attached hydrogen (secondary N) is 2. The Balaban J connectivity index is 1.86. The van der Waals surface area contributed by atoms with Crippen molar-refractivity contribution in [1.82, 2.24) is 10.6 Å². The van der Waals surface area contributed by atoms with Gasteiger partial charge in [-0.15, -0.1) is 0 Å². The second-order valence-electron chi connectivity index (χ2n) is 11.2. The van der Waals surface area contributed by atoms with Crippen LogP contribution in [0.5, 0.6) is 5.75 Å². The number of aliphatic hydroxyl groups is 1. The van der Waals surface area contributed by atoms with E-state index >= 15 is 0 Å². The van der Waals surface area contributed by atoms with Crippen LogP contribution in [0.4, 0.5) is 4.79 Å². The first-order valence-corrected chi connectivity index (χ1v) is 15.3. The van der Waals surface area contributed by atoms with E-state index in [2.05, 4.69) is 41.8 Å². The number of hydrogen-bond acceptors (Lipinski definition) is 10. The van der Waals surface area contributed by atoms with Gasteiger partial charge < -0.3 is 39.9 Å². The lowest BCUT2D eigenvalue weighted by Crippen LogP contribution is -2.42. The maximum Gasteiger partial charge on any atom is 0.333 e. The van der Waals surface area contributed by atoms with E-state index in [-0.39, 0.29) is 50.5 Å². The van der Waals surface area contributed by atoms with Gasteiger partial charge in [-0.3, -0.25) is 14.4 Å². The Kier molecular flexibility index (Phi) is 16.6. The number of oxime groups is 1. The van der Waals surface area contributed by atoms with E-state index in [0.717, 1.165) is 31.4 Å². The Bertz CT molecular complexity index is 1300. The first kappa shape index (κ1) is 38.0. The molecule has 0 aromatic heterocycles. The zero-order chi connectivity index (χ0) is 34.1. The molecule has 0 bridgehead atoms. The van der Waals surface area contributed by atoms with Gasteiger partial charge in [0.2, 0.25) is 25.9 Å². The molecule has 1 fully saturated rings. The second-order valence-corrected chi connectivity index (χ2v) is 11.2. The molecular formula is C32H46BN3O10. The van der Waals surface area contributed by atoms with Crippen molar-refractivity contribution in [3.63, 3.8) is 0 Å². The molecule has 1 aliphatic rings. The number of carboxylic acids is 1. The molecule has 2 rings (SSSR count). The summed E-state index contributed by atoms with van der Waals surface area (Å²) in [4.78, 5) is 53.4. The van der Waals surface area contributed by atoms with E-state index in [9.17, 15) is 29.4 Å². The van der Waals surface area contributed by atoms with E-state index in [0.29, 0.717) is 5.56 Å². The van der Waals surface area contributed by atoms with Crippen molar-refractivity contribution in [2.45, 2.75) is 91.3 Å². The predicted octanol–water partition coefficient (Wildman–Crippen LogP) is 3.00. The molecule has 13 nitrogen and oxygen atoms in total. The minimum absolute atomic E-state index is 0.000807. The van der Waals surface area contributed by atoms with Gasteiger partial charge in [0, 0.05) is 12.8 Å². The highest BCUT2D eigenvalue weighted by atomic mass is 16.7. The van der Waals surface area contributed by atoms with Crippen LogP contribution in [0.25, 0.3) is 0 Å². The molecular weight excluding hydrogens is 597 g/mol. The second kappa shape index (κ2) is 20.1. The molecule has 252 valence electrons. The summed E-state index contributed by atoms with van der Waals surface area (Å²) in [5.74, 6) is -2.86. The van der Waals surface area contributed by atoms with Gasteiger partial charge in [-0.25, -0.2) is 4.79 Å². The van der Waals surface area contributed by atoms with Crippen LogP contribution in [0, 0.1) is 0 Å². The van der Waals surface area contributed by atoms with E-state index in [1.165, 1.54) is 31.1 Å². The van der Waals surface area contributed by atoms with Crippen molar-refractivity contribution in [1.29, 1.82) is 0 Å². The highest BCUT2D eigenvalue weighted by Crippen LogP contribution is 2.27. The van der Waals surface area contributed by atoms with Crippen molar-refractivity contribution < 1.29 is 48.4 Å². The largest absolute Gasteiger partial charge is 0.479 e. The van der Waals surface area contributed by atoms with Crippen molar-refractivity contribution in [2.24, 2.45) is 5.16 Å². The lowest BCUT2D eigenvalue weighted by atomic mass is 10.0. The van der Waals surface area contributed by atoms with Crippen LogP contribution in [0.15, 0.2) is 46.7 Å².